The van der Waals surface area contributed by atoms with Crippen LogP contribution in [0.3, 0.4) is 0 Å². The summed E-state index contributed by atoms with van der Waals surface area (Å²) in [6.07, 6.45) is -4.93. The van der Waals surface area contributed by atoms with E-state index in [4.69, 9.17) is 15.6 Å². The molecular formula is C15H14BF3N4O5S. The lowest BCUT2D eigenvalue weighted by atomic mass is 9.72. The molecule has 5 N–H and O–H groups in total. The molecule has 0 unspecified atom stereocenters. The van der Waals surface area contributed by atoms with Crippen LogP contribution in [0.4, 0.5) is 18.3 Å². The first-order valence-electron chi connectivity index (χ1n) is 8.05. The lowest BCUT2D eigenvalue weighted by Crippen LogP contribution is -2.54. The van der Waals surface area contributed by atoms with Gasteiger partial charge in [0, 0.05) is 5.38 Å². The molecule has 0 radical (unpaired) electrons. The minimum Gasteiger partial charge on any atom is -0.534 e. The Morgan fingerprint density at radius 2 is 2.24 bits per heavy atom. The second kappa shape index (κ2) is 7.79. The number of aromatic nitrogens is 1. The van der Waals surface area contributed by atoms with Crippen molar-refractivity contribution in [3.8, 4) is 11.5 Å². The first-order valence-corrected chi connectivity index (χ1v) is 8.93. The third kappa shape index (κ3) is 4.71. The van der Waals surface area contributed by atoms with E-state index in [1.165, 1.54) is 12.3 Å². The smallest absolute Gasteiger partial charge is 0.534 e. The summed E-state index contributed by atoms with van der Waals surface area (Å²) in [7, 11) is -1.49. The molecule has 3 rings (SSSR count). The number of benzene rings is 1. The molecule has 1 aromatic carbocycles. The van der Waals surface area contributed by atoms with E-state index in [0.717, 1.165) is 23.5 Å². The van der Waals surface area contributed by atoms with Crippen molar-refractivity contribution < 1.29 is 37.6 Å². The highest BCUT2D eigenvalue weighted by Crippen LogP contribution is 2.35. The summed E-state index contributed by atoms with van der Waals surface area (Å²) in [5, 5.41) is 26.2. The van der Waals surface area contributed by atoms with Gasteiger partial charge in [-0.25, -0.2) is 4.98 Å². The van der Waals surface area contributed by atoms with Crippen LogP contribution >= 0.6 is 11.3 Å². The van der Waals surface area contributed by atoms with Gasteiger partial charge in [-0.2, -0.15) is 0 Å². The van der Waals surface area contributed by atoms with Gasteiger partial charge in [0.05, 0.1) is 5.94 Å². The Morgan fingerprint density at radius 1 is 1.52 bits per heavy atom. The van der Waals surface area contributed by atoms with E-state index in [1.54, 1.807) is 0 Å². The normalized spacial score (nSPS) is 16.8. The Hall–Kier alpha value is -3.00. The van der Waals surface area contributed by atoms with E-state index in [2.05, 4.69) is 20.2 Å². The highest BCUT2D eigenvalue weighted by Gasteiger charge is 2.39. The molecule has 1 atom stereocenters. The number of oxime groups is 1. The van der Waals surface area contributed by atoms with Crippen molar-refractivity contribution in [2.24, 2.45) is 5.16 Å². The highest BCUT2D eigenvalue weighted by molar-refractivity contribution is 7.13. The molecule has 0 fully saturated rings. The molecule has 1 aliphatic heterocycles. The molecule has 29 heavy (non-hydrogen) atoms. The zero-order chi connectivity index (χ0) is 21.3. The van der Waals surface area contributed by atoms with Crippen molar-refractivity contribution in [2.45, 2.75) is 25.6 Å². The molecule has 9 nitrogen and oxygen atoms in total. The zero-order valence-electron chi connectivity index (χ0n) is 14.7. The third-order valence-electron chi connectivity index (χ3n) is 3.98. The second-order valence-electron chi connectivity index (χ2n) is 6.09. The van der Waals surface area contributed by atoms with E-state index < -0.39 is 36.8 Å². The fourth-order valence-corrected chi connectivity index (χ4v) is 3.38. The van der Waals surface area contributed by atoms with Crippen molar-refractivity contribution >= 4 is 35.2 Å². The second-order valence-corrected chi connectivity index (χ2v) is 6.98. The summed E-state index contributed by atoms with van der Waals surface area (Å²) in [5.74, 6) is -2.17. The first kappa shape index (κ1) is 20.7. The maximum absolute atomic E-state index is 12.5. The number of nitrogens with zero attached hydrogens (tertiary/aromatic N) is 2. The highest BCUT2D eigenvalue weighted by atomic mass is 32.1. The number of hydrogen-bond acceptors (Lipinski definition) is 9. The van der Waals surface area contributed by atoms with Gasteiger partial charge in [-0.15, -0.1) is 24.5 Å². The minimum atomic E-state index is -4.87. The molecule has 2 aromatic rings. The summed E-state index contributed by atoms with van der Waals surface area (Å²) in [6.45, 7) is 1.50. The zero-order valence-corrected chi connectivity index (χ0v) is 15.5. The van der Waals surface area contributed by atoms with Crippen LogP contribution in [0.1, 0.15) is 16.8 Å². The number of nitrogen functional groups attached to an aromatic ring is 1. The molecule has 154 valence electrons. The molecule has 0 aliphatic carbocycles. The summed E-state index contributed by atoms with van der Waals surface area (Å²) < 4.78 is 46.8. The number of amides is 1. The Morgan fingerprint density at radius 3 is 2.83 bits per heavy atom. The number of fused-ring (bicyclic) bond motifs is 1. The van der Waals surface area contributed by atoms with Gasteiger partial charge in [-0.05, 0) is 36.6 Å². The molecule has 1 amide bonds. The van der Waals surface area contributed by atoms with E-state index in [9.17, 15) is 23.0 Å². The minimum absolute atomic E-state index is 0.0239. The van der Waals surface area contributed by atoms with Crippen LogP contribution < -0.4 is 20.4 Å². The van der Waals surface area contributed by atoms with Gasteiger partial charge in [0.2, 0.25) is 0 Å². The van der Waals surface area contributed by atoms with Gasteiger partial charge in [-0.1, -0.05) is 5.16 Å². The van der Waals surface area contributed by atoms with Crippen molar-refractivity contribution in [3.05, 3.63) is 34.3 Å². The van der Waals surface area contributed by atoms with Gasteiger partial charge < -0.3 is 30.7 Å². The van der Waals surface area contributed by atoms with Crippen LogP contribution in [-0.2, 0) is 11.2 Å². The molecule has 14 heteroatoms. The molecular weight excluding hydrogens is 416 g/mol. The van der Waals surface area contributed by atoms with Crippen molar-refractivity contribution in [1.82, 2.24) is 10.3 Å². The Bertz CT molecular complexity index is 968. The molecule has 0 bridgehead atoms. The van der Waals surface area contributed by atoms with E-state index in [1.807, 2.05) is 0 Å². The number of thiazole rings is 1. The number of alkyl halides is 3. The summed E-state index contributed by atoms with van der Waals surface area (Å²) in [6, 6.07) is 2.24. The predicted octanol–water partition coefficient (Wildman–Crippen LogP) is 1.25. The maximum atomic E-state index is 12.5. The Balaban J connectivity index is 1.80. The average Bonchev–Trinajstić information content (AvgIpc) is 3.01. The van der Waals surface area contributed by atoms with Crippen molar-refractivity contribution in [3.63, 3.8) is 0 Å². The van der Waals surface area contributed by atoms with Crippen LogP contribution in [0.5, 0.6) is 11.5 Å². The van der Waals surface area contributed by atoms with Gasteiger partial charge in [0.15, 0.2) is 10.8 Å². The van der Waals surface area contributed by atoms with Crippen LogP contribution in [0, 0.1) is 6.92 Å². The molecule has 0 saturated carbocycles. The van der Waals surface area contributed by atoms with Crippen molar-refractivity contribution in [2.75, 3.05) is 5.73 Å². The average molecular weight is 430 g/mol. The summed E-state index contributed by atoms with van der Waals surface area (Å²) >= 11 is 1.03. The molecule has 1 aliphatic rings. The summed E-state index contributed by atoms with van der Waals surface area (Å²) in [4.78, 5) is 16.2. The number of anilines is 1. The number of halogens is 3. The third-order valence-corrected chi connectivity index (χ3v) is 4.65. The largest absolute Gasteiger partial charge is 0.573 e. The fraction of sp³-hybridized carbons (Fsp3) is 0.267. The summed E-state index contributed by atoms with van der Waals surface area (Å²) in [5.41, 5.74) is 5.68. The van der Waals surface area contributed by atoms with Crippen molar-refractivity contribution in [1.29, 1.82) is 0 Å². The molecule has 1 aromatic heterocycles. The number of rotatable bonds is 4. The fourth-order valence-electron chi connectivity index (χ4n) is 2.83. The predicted molar refractivity (Wildman–Crippen MR) is 96.9 cm³/mol. The SMILES string of the molecule is Cc1cc(OC(F)(F)F)cc2c1OB(O)[C@@H](NC(=O)/C(=N\O)c1csc(N)n1)C2. The Labute approximate surface area is 166 Å². The number of aryl methyl sites for hydroxylation is 1. The lowest BCUT2D eigenvalue weighted by molar-refractivity contribution is -0.274. The topological polar surface area (TPSA) is 139 Å². The van der Waals surface area contributed by atoms with Crippen LogP contribution in [-0.4, -0.2) is 46.3 Å². The van der Waals surface area contributed by atoms with E-state index in [-0.39, 0.29) is 23.0 Å². The van der Waals surface area contributed by atoms with Gasteiger partial charge in [0.25, 0.3) is 5.91 Å². The van der Waals surface area contributed by atoms with Gasteiger partial charge in [0.1, 0.15) is 17.2 Å². The number of carbonyl (C=O) groups excluding carboxylic acids is 1. The van der Waals surface area contributed by atoms with E-state index >= 15 is 0 Å². The monoisotopic (exact) mass is 430 g/mol. The first-order chi connectivity index (χ1) is 13.6. The lowest BCUT2D eigenvalue weighted by Gasteiger charge is -2.29. The molecule has 0 saturated heterocycles. The standard InChI is InChI=1S/C15H14BF3N4O5S/c1-6-2-8(27-15(17,18)19)3-7-4-10(16(25)28-12(6)7)22-13(24)11(23-26)9-5-29-14(20)21-9/h2-3,5,10,25-26H,4H2,1H3,(H2,20,21)(H,22,24)/b23-11-/t10-/m0/s1. The quantitative estimate of drug-likeness (QED) is 0.248. The number of nitrogens with one attached hydrogen (secondary N) is 1. The van der Waals surface area contributed by atoms with Crippen LogP contribution in [0.2, 0.25) is 0 Å². The number of carbonyl (C=O) groups is 1. The number of nitrogens with two attached hydrogens (primary N) is 1. The number of ether oxygens (including phenoxy) is 1. The van der Waals surface area contributed by atoms with Crippen LogP contribution in [0.25, 0.3) is 0 Å². The maximum Gasteiger partial charge on any atom is 0.573 e. The van der Waals surface area contributed by atoms with E-state index in [0.29, 0.717) is 11.1 Å². The van der Waals surface area contributed by atoms with Gasteiger partial charge >= 0.3 is 13.5 Å². The molecule has 0 spiro atoms. The van der Waals surface area contributed by atoms with Gasteiger partial charge in [-0.3, -0.25) is 4.79 Å². The molecule has 2 heterocycles. The Kier molecular flexibility index (Phi) is 5.57. The van der Waals surface area contributed by atoms with Crippen LogP contribution in [0.15, 0.2) is 22.7 Å². The number of hydrogen-bond donors (Lipinski definition) is 4.